The molecule has 0 amide bonds. The molecule has 5 aromatic rings. The lowest BCUT2D eigenvalue weighted by atomic mass is 9.83. The van der Waals surface area contributed by atoms with Crippen LogP contribution in [0.1, 0.15) is 31.7 Å². The Kier molecular flexibility index (Phi) is 6.45. The molecule has 1 aliphatic rings. The summed E-state index contributed by atoms with van der Waals surface area (Å²) in [6.07, 6.45) is 11.4. The van der Waals surface area contributed by atoms with Crippen molar-refractivity contribution in [2.45, 2.75) is 26.2 Å². The van der Waals surface area contributed by atoms with E-state index in [4.69, 9.17) is 0 Å². The van der Waals surface area contributed by atoms with Crippen molar-refractivity contribution in [2.75, 3.05) is 0 Å². The Balaban J connectivity index is 1.37. The van der Waals surface area contributed by atoms with Crippen LogP contribution in [0.5, 0.6) is 0 Å². The van der Waals surface area contributed by atoms with Gasteiger partial charge in [-0.15, -0.1) is 0 Å². The van der Waals surface area contributed by atoms with Crippen molar-refractivity contribution >= 4 is 27.5 Å². The van der Waals surface area contributed by atoms with Crippen LogP contribution in [0.4, 0.5) is 4.39 Å². The summed E-state index contributed by atoms with van der Waals surface area (Å²) in [5.41, 5.74) is 9.14. The van der Waals surface area contributed by atoms with Gasteiger partial charge in [-0.1, -0.05) is 43.9 Å². The molecule has 2 aromatic carbocycles. The van der Waals surface area contributed by atoms with E-state index in [9.17, 15) is 4.39 Å². The average Bonchev–Trinajstić information content (AvgIpc) is 3.53. The summed E-state index contributed by atoms with van der Waals surface area (Å²) < 4.78 is 13.9. The fourth-order valence-corrected chi connectivity index (χ4v) is 5.15. The van der Waals surface area contributed by atoms with Crippen LogP contribution in [0.2, 0.25) is 0 Å². The Hall–Kier alpha value is -4.71. The van der Waals surface area contributed by atoms with Crippen molar-refractivity contribution in [3.63, 3.8) is 0 Å². The first-order valence-corrected chi connectivity index (χ1v) is 13.2. The van der Waals surface area contributed by atoms with Crippen molar-refractivity contribution < 1.29 is 4.39 Å². The highest BCUT2D eigenvalue weighted by Crippen LogP contribution is 2.35. The third-order valence-corrected chi connectivity index (χ3v) is 7.56. The van der Waals surface area contributed by atoms with Gasteiger partial charge >= 0.3 is 0 Å². The van der Waals surface area contributed by atoms with Gasteiger partial charge < -0.3 is 10.3 Å². The van der Waals surface area contributed by atoms with E-state index in [1.165, 1.54) is 31.4 Å². The standard InChI is InChI=1S/C33H30FN5/c1-4-21(17-26(5-2)36-20(3)22-8-6-9-22)23-12-13-30-29(18-23)32(39-38-30)31-19-28-27(14-15-35-33(28)37-31)24-10-7-11-25(34)16-24/h4-5,7,10-19,22,36H,2-3,6,8-9H2,1H3,(H,35,37)(H,38,39)/b21-4+,26-17+. The van der Waals surface area contributed by atoms with Gasteiger partial charge in [0.1, 0.15) is 17.2 Å². The van der Waals surface area contributed by atoms with Crippen molar-refractivity contribution in [3.05, 3.63) is 115 Å². The van der Waals surface area contributed by atoms with Crippen LogP contribution in [-0.4, -0.2) is 20.2 Å². The van der Waals surface area contributed by atoms with Crippen LogP contribution >= 0.6 is 0 Å². The summed E-state index contributed by atoms with van der Waals surface area (Å²) in [6, 6.07) is 16.8. The van der Waals surface area contributed by atoms with Crippen LogP contribution < -0.4 is 5.32 Å². The molecule has 3 aromatic heterocycles. The lowest BCUT2D eigenvalue weighted by molar-refractivity contribution is 0.356. The van der Waals surface area contributed by atoms with E-state index in [-0.39, 0.29) is 5.82 Å². The Morgan fingerprint density at radius 1 is 1.10 bits per heavy atom. The summed E-state index contributed by atoms with van der Waals surface area (Å²) in [7, 11) is 0. The first-order chi connectivity index (χ1) is 19.0. The van der Waals surface area contributed by atoms with Gasteiger partial charge in [-0.25, -0.2) is 9.37 Å². The summed E-state index contributed by atoms with van der Waals surface area (Å²) in [5.74, 6) is 0.273. The monoisotopic (exact) mass is 515 g/mol. The number of rotatable bonds is 8. The normalized spacial score (nSPS) is 14.5. The second-order valence-electron chi connectivity index (χ2n) is 9.97. The summed E-state index contributed by atoms with van der Waals surface area (Å²) in [5, 5.41) is 13.2. The molecule has 0 spiro atoms. The van der Waals surface area contributed by atoms with Crippen molar-refractivity contribution in [1.82, 2.24) is 25.5 Å². The molecule has 194 valence electrons. The van der Waals surface area contributed by atoms with E-state index >= 15 is 0 Å². The summed E-state index contributed by atoms with van der Waals surface area (Å²) >= 11 is 0. The first-order valence-electron chi connectivity index (χ1n) is 13.2. The SMILES string of the molecule is C=C/C(=C\C(=C/C)c1ccc2[nH]nc(-c3cc4c(-c5cccc(F)c5)ccnc4[nH]3)c2c1)NC(=C)C1CCC1. The molecule has 6 heteroatoms. The number of benzene rings is 2. The zero-order valence-electron chi connectivity index (χ0n) is 21.9. The number of H-pyrrole nitrogens is 2. The van der Waals surface area contributed by atoms with Gasteiger partial charge in [0.15, 0.2) is 0 Å². The second-order valence-corrected chi connectivity index (χ2v) is 9.97. The van der Waals surface area contributed by atoms with E-state index in [2.05, 4.69) is 62.9 Å². The van der Waals surface area contributed by atoms with Gasteiger partial charge in [-0.2, -0.15) is 5.10 Å². The number of nitrogens with zero attached hydrogens (tertiary/aromatic N) is 2. The Labute approximate surface area is 226 Å². The van der Waals surface area contributed by atoms with E-state index < -0.39 is 0 Å². The molecule has 0 atom stereocenters. The molecular formula is C33H30FN5. The number of hydrogen-bond acceptors (Lipinski definition) is 3. The van der Waals surface area contributed by atoms with Crippen LogP contribution in [0.3, 0.4) is 0 Å². The van der Waals surface area contributed by atoms with Crippen molar-refractivity contribution in [2.24, 2.45) is 5.92 Å². The number of fused-ring (bicyclic) bond motifs is 2. The number of aromatic nitrogens is 4. The zero-order valence-corrected chi connectivity index (χ0v) is 21.9. The van der Waals surface area contributed by atoms with Crippen LogP contribution in [-0.2, 0) is 0 Å². The minimum atomic E-state index is -0.268. The summed E-state index contributed by atoms with van der Waals surface area (Å²) in [4.78, 5) is 7.94. The highest BCUT2D eigenvalue weighted by molar-refractivity contribution is 6.00. The molecular weight excluding hydrogens is 485 g/mol. The highest BCUT2D eigenvalue weighted by atomic mass is 19.1. The molecule has 0 unspecified atom stereocenters. The highest BCUT2D eigenvalue weighted by Gasteiger charge is 2.21. The topological polar surface area (TPSA) is 69.4 Å². The fourth-order valence-electron chi connectivity index (χ4n) is 5.15. The molecule has 0 bridgehead atoms. The Bertz CT molecular complexity index is 1780. The quantitative estimate of drug-likeness (QED) is 0.182. The second kappa shape index (κ2) is 10.2. The molecule has 0 saturated heterocycles. The van der Waals surface area contributed by atoms with E-state index in [0.29, 0.717) is 5.92 Å². The van der Waals surface area contributed by atoms with Gasteiger partial charge in [0, 0.05) is 28.4 Å². The molecule has 1 saturated carbocycles. The van der Waals surface area contributed by atoms with Gasteiger partial charge in [-0.3, -0.25) is 5.10 Å². The van der Waals surface area contributed by atoms with E-state index in [1.807, 2.05) is 37.3 Å². The van der Waals surface area contributed by atoms with Gasteiger partial charge in [0.25, 0.3) is 0 Å². The molecule has 0 aliphatic heterocycles. The third-order valence-electron chi connectivity index (χ3n) is 7.56. The molecule has 5 nitrogen and oxygen atoms in total. The number of pyridine rings is 1. The minimum absolute atomic E-state index is 0.268. The van der Waals surface area contributed by atoms with E-state index in [1.54, 1.807) is 12.3 Å². The number of nitrogens with one attached hydrogen (secondary N) is 3. The maximum Gasteiger partial charge on any atom is 0.138 e. The molecule has 6 rings (SSSR count). The van der Waals surface area contributed by atoms with Crippen LogP contribution in [0.25, 0.3) is 50.0 Å². The maximum absolute atomic E-state index is 13.9. The number of hydrogen-bond donors (Lipinski definition) is 3. The first kappa shape index (κ1) is 24.6. The predicted octanol–water partition coefficient (Wildman–Crippen LogP) is 8.29. The molecule has 1 aliphatic carbocycles. The van der Waals surface area contributed by atoms with Gasteiger partial charge in [0.2, 0.25) is 0 Å². The largest absolute Gasteiger partial charge is 0.359 e. The molecule has 0 radical (unpaired) electrons. The molecule has 39 heavy (non-hydrogen) atoms. The Morgan fingerprint density at radius 2 is 1.97 bits per heavy atom. The predicted molar refractivity (Wildman–Crippen MR) is 158 cm³/mol. The fraction of sp³-hybridized carbons (Fsp3) is 0.152. The average molecular weight is 516 g/mol. The van der Waals surface area contributed by atoms with E-state index in [0.717, 1.165) is 67.0 Å². The minimum Gasteiger partial charge on any atom is -0.359 e. The molecule has 3 N–H and O–H groups in total. The van der Waals surface area contributed by atoms with Gasteiger partial charge in [0.05, 0.1) is 11.2 Å². The Morgan fingerprint density at radius 3 is 2.72 bits per heavy atom. The van der Waals surface area contributed by atoms with Gasteiger partial charge in [-0.05, 0) is 96.5 Å². The summed E-state index contributed by atoms with van der Waals surface area (Å²) in [6.45, 7) is 10.3. The lowest BCUT2D eigenvalue weighted by Crippen LogP contribution is -2.23. The number of allylic oxidation sites excluding steroid dienone is 5. The lowest BCUT2D eigenvalue weighted by Gasteiger charge is -2.28. The van der Waals surface area contributed by atoms with Crippen molar-refractivity contribution in [1.29, 1.82) is 0 Å². The van der Waals surface area contributed by atoms with Crippen molar-refractivity contribution in [3.8, 4) is 22.5 Å². The molecule has 3 heterocycles. The van der Waals surface area contributed by atoms with Crippen LogP contribution in [0, 0.1) is 11.7 Å². The number of halogens is 1. The maximum atomic E-state index is 13.9. The molecule has 1 fully saturated rings. The third kappa shape index (κ3) is 4.70. The van der Waals surface area contributed by atoms with Crippen LogP contribution in [0.15, 0.2) is 104 Å². The number of aromatic amines is 2. The smallest absolute Gasteiger partial charge is 0.138 e. The zero-order chi connectivity index (χ0) is 26.9.